The molecule has 4 nitrogen and oxygen atoms in total. The van der Waals surface area contributed by atoms with E-state index < -0.39 is 0 Å². The SMILES string of the molecule is Cl.O=C(CN1CCC2(CCNCC2)C1)N1CCCCCC1. The quantitative estimate of drug-likeness (QED) is 0.845. The van der Waals surface area contributed by atoms with Gasteiger partial charge in [-0.15, -0.1) is 12.4 Å². The number of carbonyl (C=O) groups is 1. The van der Waals surface area contributed by atoms with Crippen LogP contribution in [-0.4, -0.2) is 61.5 Å². The average molecular weight is 316 g/mol. The van der Waals surface area contributed by atoms with E-state index in [1.807, 2.05) is 0 Å². The van der Waals surface area contributed by atoms with Crippen LogP contribution >= 0.6 is 12.4 Å². The molecule has 3 heterocycles. The lowest BCUT2D eigenvalue weighted by atomic mass is 9.78. The van der Waals surface area contributed by atoms with Gasteiger partial charge >= 0.3 is 0 Å². The van der Waals surface area contributed by atoms with Crippen molar-refractivity contribution in [2.45, 2.75) is 44.9 Å². The Hall–Kier alpha value is -0.320. The molecule has 0 bridgehead atoms. The normalized spacial score (nSPS) is 26.4. The Morgan fingerprint density at radius 3 is 2.29 bits per heavy atom. The van der Waals surface area contributed by atoms with Crippen molar-refractivity contribution in [2.75, 3.05) is 45.8 Å². The minimum atomic E-state index is 0. The fraction of sp³-hybridized carbons (Fsp3) is 0.938. The molecule has 3 aliphatic heterocycles. The lowest BCUT2D eigenvalue weighted by Crippen LogP contribution is -2.42. The second-order valence-electron chi connectivity index (χ2n) is 7.01. The van der Waals surface area contributed by atoms with E-state index in [-0.39, 0.29) is 12.4 Å². The van der Waals surface area contributed by atoms with Gasteiger partial charge in [-0.2, -0.15) is 0 Å². The number of rotatable bonds is 2. The van der Waals surface area contributed by atoms with Gasteiger partial charge in [-0.05, 0) is 57.2 Å². The van der Waals surface area contributed by atoms with Crippen LogP contribution in [0.1, 0.15) is 44.9 Å². The van der Waals surface area contributed by atoms with Crippen molar-refractivity contribution in [3.63, 3.8) is 0 Å². The van der Waals surface area contributed by atoms with Gasteiger partial charge in [-0.1, -0.05) is 12.8 Å². The fourth-order valence-electron chi connectivity index (χ4n) is 4.14. The van der Waals surface area contributed by atoms with Gasteiger partial charge in [-0.25, -0.2) is 0 Å². The molecule has 0 aliphatic carbocycles. The summed E-state index contributed by atoms with van der Waals surface area (Å²) in [4.78, 5) is 17.0. The van der Waals surface area contributed by atoms with Gasteiger partial charge in [0, 0.05) is 19.6 Å². The highest BCUT2D eigenvalue weighted by atomic mass is 35.5. The van der Waals surface area contributed by atoms with Crippen molar-refractivity contribution in [2.24, 2.45) is 5.41 Å². The average Bonchev–Trinajstić information content (AvgIpc) is 2.69. The van der Waals surface area contributed by atoms with E-state index in [9.17, 15) is 4.79 Å². The van der Waals surface area contributed by atoms with Crippen molar-refractivity contribution in [3.8, 4) is 0 Å². The van der Waals surface area contributed by atoms with Gasteiger partial charge in [0.15, 0.2) is 0 Å². The van der Waals surface area contributed by atoms with E-state index in [2.05, 4.69) is 15.1 Å². The zero-order chi connectivity index (χ0) is 13.8. The molecule has 3 aliphatic rings. The van der Waals surface area contributed by atoms with Gasteiger partial charge in [0.25, 0.3) is 0 Å². The third-order valence-electron chi connectivity index (χ3n) is 5.50. The first-order chi connectivity index (χ1) is 9.77. The van der Waals surface area contributed by atoms with Crippen molar-refractivity contribution < 1.29 is 4.79 Å². The molecule has 1 N–H and O–H groups in total. The third-order valence-corrected chi connectivity index (χ3v) is 5.50. The fourth-order valence-corrected chi connectivity index (χ4v) is 4.14. The highest BCUT2D eigenvalue weighted by molar-refractivity contribution is 5.85. The van der Waals surface area contributed by atoms with Crippen molar-refractivity contribution in [1.29, 1.82) is 0 Å². The number of nitrogens with zero attached hydrogens (tertiary/aromatic N) is 2. The molecule has 5 heteroatoms. The zero-order valence-electron chi connectivity index (χ0n) is 13.1. The summed E-state index contributed by atoms with van der Waals surface area (Å²) in [6.07, 6.45) is 8.86. The first-order valence-electron chi connectivity index (χ1n) is 8.48. The van der Waals surface area contributed by atoms with E-state index in [0.717, 1.165) is 39.3 Å². The molecule has 0 saturated carbocycles. The molecular weight excluding hydrogens is 286 g/mol. The van der Waals surface area contributed by atoms with Crippen molar-refractivity contribution in [1.82, 2.24) is 15.1 Å². The molecule has 122 valence electrons. The number of hydrogen-bond acceptors (Lipinski definition) is 3. The molecule has 1 spiro atoms. The van der Waals surface area contributed by atoms with E-state index in [1.165, 1.54) is 44.9 Å². The predicted molar refractivity (Wildman–Crippen MR) is 87.9 cm³/mol. The van der Waals surface area contributed by atoms with Crippen LogP contribution in [0.3, 0.4) is 0 Å². The molecule has 3 fully saturated rings. The minimum absolute atomic E-state index is 0. The summed E-state index contributed by atoms with van der Waals surface area (Å²) in [5, 5.41) is 3.46. The molecule has 0 radical (unpaired) electrons. The first kappa shape index (κ1) is 17.0. The van der Waals surface area contributed by atoms with Crippen LogP contribution in [0, 0.1) is 5.41 Å². The topological polar surface area (TPSA) is 35.6 Å². The summed E-state index contributed by atoms with van der Waals surface area (Å²) < 4.78 is 0. The number of hydrogen-bond donors (Lipinski definition) is 1. The zero-order valence-corrected chi connectivity index (χ0v) is 13.9. The molecule has 0 aromatic heterocycles. The molecule has 0 aromatic carbocycles. The van der Waals surface area contributed by atoms with E-state index in [0.29, 0.717) is 17.9 Å². The van der Waals surface area contributed by atoms with Gasteiger partial charge in [-0.3, -0.25) is 9.69 Å². The smallest absolute Gasteiger partial charge is 0.236 e. The Bertz CT molecular complexity index is 336. The maximum Gasteiger partial charge on any atom is 0.236 e. The van der Waals surface area contributed by atoms with Crippen LogP contribution in [-0.2, 0) is 4.79 Å². The third kappa shape index (κ3) is 4.33. The Labute approximate surface area is 135 Å². The summed E-state index contributed by atoms with van der Waals surface area (Å²) in [5.74, 6) is 0.373. The number of carbonyl (C=O) groups excluding carboxylic acids is 1. The Kier molecular flexibility index (Phi) is 6.33. The molecule has 1 amide bonds. The lowest BCUT2D eigenvalue weighted by molar-refractivity contribution is -0.132. The highest BCUT2D eigenvalue weighted by Gasteiger charge is 2.39. The summed E-state index contributed by atoms with van der Waals surface area (Å²) in [5.41, 5.74) is 0.518. The van der Waals surface area contributed by atoms with Gasteiger partial charge in [0.05, 0.1) is 6.54 Å². The van der Waals surface area contributed by atoms with E-state index in [1.54, 1.807) is 0 Å². The summed E-state index contributed by atoms with van der Waals surface area (Å²) in [7, 11) is 0. The van der Waals surface area contributed by atoms with Crippen LogP contribution in [0.5, 0.6) is 0 Å². The Morgan fingerprint density at radius 2 is 1.62 bits per heavy atom. The second kappa shape index (κ2) is 7.80. The Balaban J connectivity index is 0.00000161. The van der Waals surface area contributed by atoms with Crippen molar-refractivity contribution in [3.05, 3.63) is 0 Å². The van der Waals surface area contributed by atoms with Crippen molar-refractivity contribution >= 4 is 18.3 Å². The van der Waals surface area contributed by atoms with Gasteiger partial charge in [0.2, 0.25) is 5.91 Å². The first-order valence-corrected chi connectivity index (χ1v) is 8.48. The van der Waals surface area contributed by atoms with Crippen LogP contribution in [0.15, 0.2) is 0 Å². The molecule has 3 saturated heterocycles. The van der Waals surface area contributed by atoms with Crippen LogP contribution < -0.4 is 5.32 Å². The summed E-state index contributed by atoms with van der Waals surface area (Å²) in [6.45, 7) is 7.23. The monoisotopic (exact) mass is 315 g/mol. The molecule has 0 unspecified atom stereocenters. The molecule has 0 aromatic rings. The number of piperidine rings is 1. The molecule has 0 atom stereocenters. The number of halogens is 1. The summed E-state index contributed by atoms with van der Waals surface area (Å²) >= 11 is 0. The molecule has 3 rings (SSSR count). The van der Waals surface area contributed by atoms with Crippen LogP contribution in [0.25, 0.3) is 0 Å². The van der Waals surface area contributed by atoms with Gasteiger partial charge in [0.1, 0.15) is 0 Å². The standard InChI is InChI=1S/C16H29N3O.ClH/c20-15(19-10-3-1-2-4-11-19)13-18-12-7-16(14-18)5-8-17-9-6-16;/h17H,1-14H2;1H. The Morgan fingerprint density at radius 1 is 0.952 bits per heavy atom. The summed E-state index contributed by atoms with van der Waals surface area (Å²) in [6, 6.07) is 0. The number of nitrogens with one attached hydrogen (secondary N) is 1. The lowest BCUT2D eigenvalue weighted by Gasteiger charge is -2.34. The maximum atomic E-state index is 12.4. The maximum absolute atomic E-state index is 12.4. The molecule has 21 heavy (non-hydrogen) atoms. The van der Waals surface area contributed by atoms with Crippen LogP contribution in [0.2, 0.25) is 0 Å². The minimum Gasteiger partial charge on any atom is -0.342 e. The van der Waals surface area contributed by atoms with E-state index >= 15 is 0 Å². The number of amides is 1. The van der Waals surface area contributed by atoms with Gasteiger partial charge < -0.3 is 10.2 Å². The van der Waals surface area contributed by atoms with Crippen LogP contribution in [0.4, 0.5) is 0 Å². The molecular formula is C16H30ClN3O. The predicted octanol–water partition coefficient (Wildman–Crippen LogP) is 1.89. The largest absolute Gasteiger partial charge is 0.342 e. The van der Waals surface area contributed by atoms with E-state index in [4.69, 9.17) is 0 Å². The highest BCUT2D eigenvalue weighted by Crippen LogP contribution is 2.38. The second-order valence-corrected chi connectivity index (χ2v) is 7.01. The number of likely N-dealkylation sites (tertiary alicyclic amines) is 2.